The van der Waals surface area contributed by atoms with Crippen molar-refractivity contribution in [2.45, 2.75) is 60.8 Å². The molecule has 0 spiro atoms. The quantitative estimate of drug-likeness (QED) is 0.109. The maximum Gasteiger partial charge on any atom is 0.193 e. The Hall–Kier alpha value is -6.10. The first-order valence-corrected chi connectivity index (χ1v) is 29.9. The van der Waals surface area contributed by atoms with Crippen molar-refractivity contribution in [1.82, 2.24) is 15.0 Å². The first kappa shape index (κ1) is 55.2. The number of morpholine rings is 3. The summed E-state index contributed by atoms with van der Waals surface area (Å²) in [6.45, 7) is 24.4. The maximum atomic E-state index is 13.1. The predicted molar refractivity (Wildman–Crippen MR) is 322 cm³/mol. The van der Waals surface area contributed by atoms with E-state index in [0.29, 0.717) is 30.3 Å². The van der Waals surface area contributed by atoms with Crippen LogP contribution in [0.15, 0.2) is 115 Å². The predicted octanol–water partition coefficient (Wildman–Crippen LogP) is 13.2. The van der Waals surface area contributed by atoms with Crippen LogP contribution < -0.4 is 14.7 Å². The fraction of sp³-hybridized carbons (Fsp3) is 0.375. The average Bonchev–Trinajstić information content (AvgIpc) is 4.30. The van der Waals surface area contributed by atoms with E-state index < -0.39 is 0 Å². The highest BCUT2D eigenvalue weighted by Crippen LogP contribution is 2.38. The lowest BCUT2D eigenvalue weighted by atomic mass is 9.96. The highest BCUT2D eigenvalue weighted by Gasteiger charge is 2.22. The molecule has 14 heteroatoms. The van der Waals surface area contributed by atoms with Gasteiger partial charge < -0.3 is 33.6 Å². The fourth-order valence-corrected chi connectivity index (χ4v) is 13.5. The SMILES string of the molecule is Cc1nc(C)c(-c2cc(C(=O)c3ccccc3)cc(N3CCOCC3)c2)s1.Cc1nc(C)c(-c2cc(CC3CCOC3)cc(N3CCOCC3)c2)s1.Cc1nc(C)c(-c2cc(Cc3ccccc3)cc(N3CCOCC3)c2)s1. The first-order chi connectivity index (χ1) is 38.0. The third-order valence-corrected chi connectivity index (χ3v) is 18.0. The number of anilines is 3. The average molecular weight is 1100 g/mol. The standard InChI is InChI=1S/C22H22N2O2S.C22H24N2OS.C20H26N2O2S/c1-15-22(27-16(2)23-15)19-12-18(21(25)17-6-4-3-5-7-17)13-20(14-19)24-8-10-26-11-9-24;1-16-22(26-17(2)23-16)20-13-19(12-18-6-4-3-5-7-18)14-21(15-20)24-8-10-25-11-9-24;1-14-20(25-15(2)21-14)18-10-17(9-16-3-6-24-13-16)11-19(12-18)22-4-7-23-8-5-22/h3-7,12-14H,8-11H2,1-2H3;3-7,13-15H,8-12H2,1-2H3;10-12,16H,3-9,13H2,1-2H3. The van der Waals surface area contributed by atoms with Crippen LogP contribution in [0.5, 0.6) is 0 Å². The van der Waals surface area contributed by atoms with Gasteiger partial charge in [-0.2, -0.15) is 0 Å². The van der Waals surface area contributed by atoms with Gasteiger partial charge in [-0.05, 0) is 149 Å². The highest BCUT2D eigenvalue weighted by atomic mass is 32.1. The molecule has 0 aliphatic carbocycles. The maximum absolute atomic E-state index is 13.1. The van der Waals surface area contributed by atoms with E-state index >= 15 is 0 Å². The van der Waals surface area contributed by atoms with Crippen molar-refractivity contribution in [3.63, 3.8) is 0 Å². The van der Waals surface area contributed by atoms with Gasteiger partial charge in [-0.25, -0.2) is 15.0 Å². The number of aromatic nitrogens is 3. The zero-order valence-corrected chi connectivity index (χ0v) is 48.5. The Morgan fingerprint density at radius 1 is 0.462 bits per heavy atom. The molecule has 0 bridgehead atoms. The Morgan fingerprint density at radius 2 is 0.885 bits per heavy atom. The number of ketones is 1. The number of ether oxygens (including phenoxy) is 4. The van der Waals surface area contributed by atoms with Gasteiger partial charge in [0.25, 0.3) is 0 Å². The second kappa shape index (κ2) is 26.2. The van der Waals surface area contributed by atoms with E-state index in [1.807, 2.05) is 56.3 Å². The summed E-state index contributed by atoms with van der Waals surface area (Å²) in [6, 6.07) is 40.4. The van der Waals surface area contributed by atoms with Crippen molar-refractivity contribution in [1.29, 1.82) is 0 Å². The van der Waals surface area contributed by atoms with Crippen LogP contribution in [0.3, 0.4) is 0 Å². The van der Waals surface area contributed by atoms with Gasteiger partial charge >= 0.3 is 0 Å². The molecule has 4 fully saturated rings. The van der Waals surface area contributed by atoms with Gasteiger partial charge in [0, 0.05) is 80.7 Å². The smallest absolute Gasteiger partial charge is 0.193 e. The molecule has 0 amide bonds. The van der Waals surface area contributed by atoms with Crippen LogP contribution >= 0.6 is 34.0 Å². The second-order valence-electron chi connectivity index (χ2n) is 20.6. The molecular weight excluding hydrogens is 1030 g/mol. The van der Waals surface area contributed by atoms with Crippen molar-refractivity contribution < 1.29 is 23.7 Å². The van der Waals surface area contributed by atoms with Crippen LogP contribution in [0.2, 0.25) is 0 Å². The molecule has 4 aliphatic rings. The molecule has 78 heavy (non-hydrogen) atoms. The number of carbonyl (C=O) groups excluding carboxylic acids is 1. The van der Waals surface area contributed by atoms with E-state index in [9.17, 15) is 4.79 Å². The Morgan fingerprint density at radius 3 is 1.32 bits per heavy atom. The van der Waals surface area contributed by atoms with Gasteiger partial charge in [0.05, 0.1) is 86.4 Å². The molecule has 1 atom stereocenters. The molecular formula is C64H72N6O5S3. The van der Waals surface area contributed by atoms with Crippen molar-refractivity contribution >= 4 is 56.9 Å². The van der Waals surface area contributed by atoms with Gasteiger partial charge in [0.1, 0.15) is 0 Å². The summed E-state index contributed by atoms with van der Waals surface area (Å²) < 4.78 is 22.1. The van der Waals surface area contributed by atoms with E-state index in [1.54, 1.807) is 34.0 Å². The molecule has 4 saturated heterocycles. The van der Waals surface area contributed by atoms with Crippen LogP contribution in [0.1, 0.15) is 71.1 Å². The lowest BCUT2D eigenvalue weighted by Gasteiger charge is -2.29. The number of thiazole rings is 3. The minimum Gasteiger partial charge on any atom is -0.381 e. The van der Waals surface area contributed by atoms with Gasteiger partial charge in [-0.15, -0.1) is 34.0 Å². The number of hydrogen-bond donors (Lipinski definition) is 0. The van der Waals surface area contributed by atoms with Gasteiger partial charge in [-0.3, -0.25) is 4.79 Å². The Balaban J connectivity index is 0.000000132. The van der Waals surface area contributed by atoms with Crippen molar-refractivity contribution in [3.8, 4) is 31.3 Å². The van der Waals surface area contributed by atoms with Crippen LogP contribution in [0.4, 0.5) is 17.1 Å². The van der Waals surface area contributed by atoms with Crippen molar-refractivity contribution in [2.75, 3.05) is 107 Å². The van der Waals surface area contributed by atoms with Gasteiger partial charge in [-0.1, -0.05) is 66.7 Å². The van der Waals surface area contributed by atoms with Crippen molar-refractivity contribution in [2.24, 2.45) is 5.92 Å². The van der Waals surface area contributed by atoms with E-state index in [1.165, 1.54) is 55.4 Å². The summed E-state index contributed by atoms with van der Waals surface area (Å²) >= 11 is 5.25. The number of carbonyl (C=O) groups is 1. The van der Waals surface area contributed by atoms with Crippen LogP contribution in [0.25, 0.3) is 31.3 Å². The zero-order valence-electron chi connectivity index (χ0n) is 46.0. The molecule has 406 valence electrons. The van der Waals surface area contributed by atoms with E-state index in [0.717, 1.165) is 140 Å². The molecule has 0 radical (unpaired) electrons. The number of benzene rings is 5. The molecule has 5 aromatic carbocycles. The molecule has 1 unspecified atom stereocenters. The lowest BCUT2D eigenvalue weighted by molar-refractivity contribution is 0.103. The van der Waals surface area contributed by atoms with E-state index in [2.05, 4.69) is 130 Å². The van der Waals surface area contributed by atoms with Crippen LogP contribution in [-0.2, 0) is 31.8 Å². The summed E-state index contributed by atoms with van der Waals surface area (Å²) in [4.78, 5) is 37.8. The largest absolute Gasteiger partial charge is 0.381 e. The molecule has 11 nitrogen and oxygen atoms in total. The number of hydrogen-bond acceptors (Lipinski definition) is 14. The summed E-state index contributed by atoms with van der Waals surface area (Å²) in [5.74, 6) is 0.697. The first-order valence-electron chi connectivity index (χ1n) is 27.5. The summed E-state index contributed by atoms with van der Waals surface area (Å²) in [5.41, 5.74) is 16.1. The third kappa shape index (κ3) is 14.2. The summed E-state index contributed by atoms with van der Waals surface area (Å²) in [5, 5.41) is 3.30. The Labute approximate surface area is 472 Å². The van der Waals surface area contributed by atoms with Crippen molar-refractivity contribution in [3.05, 3.63) is 175 Å². The normalized spacial score (nSPS) is 16.6. The molecule has 3 aromatic heterocycles. The molecule has 7 heterocycles. The number of rotatable bonds is 12. The molecule has 4 aliphatic heterocycles. The van der Waals surface area contributed by atoms with E-state index in [-0.39, 0.29) is 5.78 Å². The number of aryl methyl sites for hydroxylation is 6. The minimum absolute atomic E-state index is 0.0471. The number of nitrogens with zero attached hydrogens (tertiary/aromatic N) is 6. The van der Waals surface area contributed by atoms with Crippen LogP contribution in [-0.4, -0.2) is 113 Å². The Kier molecular flexibility index (Phi) is 18.6. The molecule has 0 saturated carbocycles. The molecule has 12 rings (SSSR count). The fourth-order valence-electron chi connectivity index (χ4n) is 10.8. The van der Waals surface area contributed by atoms with Gasteiger partial charge in [0.2, 0.25) is 0 Å². The Bertz CT molecular complexity index is 3260. The van der Waals surface area contributed by atoms with Gasteiger partial charge in [0.15, 0.2) is 5.78 Å². The topological polar surface area (TPSA) is 102 Å². The van der Waals surface area contributed by atoms with Crippen LogP contribution in [0, 0.1) is 47.5 Å². The summed E-state index contributed by atoms with van der Waals surface area (Å²) in [7, 11) is 0. The zero-order chi connectivity index (χ0) is 54.0. The highest BCUT2D eigenvalue weighted by molar-refractivity contribution is 7.15. The minimum atomic E-state index is 0.0471. The lowest BCUT2D eigenvalue weighted by Crippen LogP contribution is -2.36. The summed E-state index contributed by atoms with van der Waals surface area (Å²) in [6.07, 6.45) is 3.22. The monoisotopic (exact) mass is 1100 g/mol. The molecule has 8 aromatic rings. The second-order valence-corrected chi connectivity index (χ2v) is 24.2. The third-order valence-electron chi connectivity index (χ3n) is 14.6. The molecule has 0 N–H and O–H groups in total. The van der Waals surface area contributed by atoms with E-state index in [4.69, 9.17) is 18.9 Å².